The number of hydrogen-bond acceptors (Lipinski definition) is 6. The Labute approximate surface area is 253 Å². The number of anilines is 1. The minimum absolute atomic E-state index is 0.0870. The number of pyridine rings is 1. The molecule has 0 radical (unpaired) electrons. The first kappa shape index (κ1) is 27.5. The van der Waals surface area contributed by atoms with Crippen LogP contribution in [0.15, 0.2) is 66.7 Å². The van der Waals surface area contributed by atoms with Crippen LogP contribution < -0.4 is 4.90 Å². The molecule has 4 aromatic rings. The number of ether oxygens (including phenoxy) is 1. The average molecular weight is 593 g/mol. The van der Waals surface area contributed by atoms with E-state index >= 15 is 0 Å². The van der Waals surface area contributed by atoms with Crippen molar-refractivity contribution in [2.45, 2.75) is 33.1 Å². The van der Waals surface area contributed by atoms with Gasteiger partial charge in [0.25, 0.3) is 0 Å². The summed E-state index contributed by atoms with van der Waals surface area (Å²) in [4.78, 5) is 58.8. The van der Waals surface area contributed by atoms with E-state index in [1.165, 1.54) is 4.90 Å². The molecule has 2 aliphatic carbocycles. The molecule has 216 valence electrons. The molecule has 1 aliphatic heterocycles. The molecule has 3 fully saturated rings. The highest BCUT2D eigenvalue weighted by Gasteiger charge is 2.61. The summed E-state index contributed by atoms with van der Waals surface area (Å²) in [5.74, 6) is -0.871. The molecule has 3 aromatic carbocycles. The molecule has 4 unspecified atom stereocenters. The number of aryl methyl sites for hydroxylation is 2. The Kier molecular flexibility index (Phi) is 6.66. The molecule has 1 aromatic heterocycles. The van der Waals surface area contributed by atoms with Crippen LogP contribution in [0.1, 0.15) is 51.1 Å². The number of halogens is 1. The van der Waals surface area contributed by atoms with E-state index in [0.717, 1.165) is 30.4 Å². The van der Waals surface area contributed by atoms with Gasteiger partial charge in [-0.1, -0.05) is 35.9 Å². The lowest BCUT2D eigenvalue weighted by Gasteiger charge is -2.19. The number of amides is 2. The molecule has 7 rings (SSSR count). The van der Waals surface area contributed by atoms with Crippen molar-refractivity contribution in [2.75, 3.05) is 11.5 Å². The standard InChI is InChI=1S/C35H29ClN2O5/c1-18-3-4-21(13-19(18)2)30(39)17-43-35(42)27-16-29(37-28-12-9-24(36)15-26(27)28)20-7-10-25(11-8-20)38-33(40)31-22-5-6-23(14-22)32(31)34(38)41/h3-4,7-13,15-16,22-23,31-32H,5-6,14,17H2,1-2H3. The minimum atomic E-state index is -0.667. The Bertz CT molecular complexity index is 1820. The van der Waals surface area contributed by atoms with E-state index in [1.54, 1.807) is 60.7 Å². The molecule has 1 saturated heterocycles. The topological polar surface area (TPSA) is 93.6 Å². The van der Waals surface area contributed by atoms with Gasteiger partial charge in [0.05, 0.1) is 34.3 Å². The van der Waals surface area contributed by atoms with Crippen molar-refractivity contribution >= 4 is 51.8 Å². The number of fused-ring (bicyclic) bond motifs is 6. The van der Waals surface area contributed by atoms with Crippen LogP contribution in [0.5, 0.6) is 0 Å². The Morgan fingerprint density at radius 2 is 1.58 bits per heavy atom. The summed E-state index contributed by atoms with van der Waals surface area (Å²) in [7, 11) is 0. The third kappa shape index (κ3) is 4.63. The van der Waals surface area contributed by atoms with Crippen molar-refractivity contribution in [1.82, 2.24) is 4.98 Å². The van der Waals surface area contributed by atoms with E-state index in [4.69, 9.17) is 21.3 Å². The monoisotopic (exact) mass is 592 g/mol. The van der Waals surface area contributed by atoms with Gasteiger partial charge in [-0.15, -0.1) is 0 Å². The predicted octanol–water partition coefficient (Wildman–Crippen LogP) is 6.75. The lowest BCUT2D eigenvalue weighted by Crippen LogP contribution is -2.32. The molecule has 2 saturated carbocycles. The third-order valence-electron chi connectivity index (χ3n) is 9.50. The maximum atomic E-state index is 13.3. The molecular weight excluding hydrogens is 564 g/mol. The van der Waals surface area contributed by atoms with Crippen molar-refractivity contribution in [1.29, 1.82) is 0 Å². The van der Waals surface area contributed by atoms with E-state index in [9.17, 15) is 19.2 Å². The Morgan fingerprint density at radius 1 is 0.884 bits per heavy atom. The van der Waals surface area contributed by atoms with Crippen LogP contribution in [0.25, 0.3) is 22.2 Å². The highest BCUT2D eigenvalue weighted by atomic mass is 35.5. The molecule has 0 N–H and O–H groups in total. The molecule has 7 nitrogen and oxygen atoms in total. The number of carbonyl (C=O) groups is 4. The number of rotatable bonds is 6. The van der Waals surface area contributed by atoms with Gasteiger partial charge in [-0.3, -0.25) is 19.3 Å². The summed E-state index contributed by atoms with van der Waals surface area (Å²) in [6, 6.07) is 19.1. The van der Waals surface area contributed by atoms with Gasteiger partial charge in [-0.2, -0.15) is 0 Å². The molecule has 2 heterocycles. The number of esters is 1. The number of Topliss-reactive ketones (excluding diaryl/α,β-unsaturated/α-hetero) is 1. The zero-order chi connectivity index (χ0) is 30.0. The van der Waals surface area contributed by atoms with Gasteiger partial charge in [0, 0.05) is 21.5 Å². The molecular formula is C35H29ClN2O5. The number of carbonyl (C=O) groups excluding carboxylic acids is 4. The second-order valence-electron chi connectivity index (χ2n) is 12.0. The maximum Gasteiger partial charge on any atom is 0.339 e. The summed E-state index contributed by atoms with van der Waals surface area (Å²) in [6.45, 7) is 3.49. The second kappa shape index (κ2) is 10.4. The Balaban J connectivity index is 1.16. The van der Waals surface area contributed by atoms with Crippen LogP contribution in [0.4, 0.5) is 5.69 Å². The quantitative estimate of drug-likeness (QED) is 0.140. The molecule has 2 bridgehead atoms. The fourth-order valence-corrected chi connectivity index (χ4v) is 7.34. The Hall–Kier alpha value is -4.36. The first-order valence-electron chi connectivity index (χ1n) is 14.6. The maximum absolute atomic E-state index is 13.3. The number of nitrogens with zero attached hydrogens (tertiary/aromatic N) is 2. The summed E-state index contributed by atoms with van der Waals surface area (Å²) < 4.78 is 5.48. The summed E-state index contributed by atoms with van der Waals surface area (Å²) in [5, 5.41) is 0.941. The van der Waals surface area contributed by atoms with Gasteiger partial charge >= 0.3 is 5.97 Å². The van der Waals surface area contributed by atoms with Crippen LogP contribution in [0.2, 0.25) is 5.02 Å². The summed E-state index contributed by atoms with van der Waals surface area (Å²) in [6.07, 6.45) is 3.05. The number of benzene rings is 3. The van der Waals surface area contributed by atoms with E-state index < -0.39 is 12.6 Å². The van der Waals surface area contributed by atoms with Gasteiger partial charge in [-0.05, 0) is 98.5 Å². The smallest absolute Gasteiger partial charge is 0.339 e. The zero-order valence-corrected chi connectivity index (χ0v) is 24.6. The first-order chi connectivity index (χ1) is 20.7. The number of aromatic nitrogens is 1. The van der Waals surface area contributed by atoms with Crippen molar-refractivity contribution in [3.63, 3.8) is 0 Å². The SMILES string of the molecule is Cc1ccc(C(=O)COC(=O)c2cc(-c3ccc(N4C(=O)C5C6CCC(C6)C5C4=O)cc3)nc3ccc(Cl)cc23)cc1C. The lowest BCUT2D eigenvalue weighted by molar-refractivity contribution is -0.123. The average Bonchev–Trinajstić information content (AvgIpc) is 3.70. The fourth-order valence-electron chi connectivity index (χ4n) is 7.17. The minimum Gasteiger partial charge on any atom is -0.454 e. The van der Waals surface area contributed by atoms with Crippen molar-refractivity contribution in [3.8, 4) is 11.3 Å². The number of hydrogen-bond donors (Lipinski definition) is 0. The highest BCUT2D eigenvalue weighted by molar-refractivity contribution is 6.31. The molecule has 8 heteroatoms. The molecule has 2 amide bonds. The molecule has 3 aliphatic rings. The number of ketones is 1. The molecule has 4 atom stereocenters. The van der Waals surface area contributed by atoms with E-state index in [1.807, 2.05) is 19.9 Å². The van der Waals surface area contributed by atoms with Gasteiger partial charge in [0.2, 0.25) is 11.8 Å². The first-order valence-corrected chi connectivity index (χ1v) is 14.9. The third-order valence-corrected chi connectivity index (χ3v) is 9.74. The summed E-state index contributed by atoms with van der Waals surface area (Å²) in [5.41, 5.74) is 5.04. The lowest BCUT2D eigenvalue weighted by atomic mass is 9.81. The van der Waals surface area contributed by atoms with E-state index in [0.29, 0.717) is 50.3 Å². The van der Waals surface area contributed by atoms with Gasteiger partial charge in [-0.25, -0.2) is 9.78 Å². The normalized spacial score (nSPS) is 22.3. The van der Waals surface area contributed by atoms with E-state index in [-0.39, 0.29) is 35.0 Å². The fraction of sp³-hybridized carbons (Fsp3) is 0.286. The van der Waals surface area contributed by atoms with E-state index in [2.05, 4.69) is 0 Å². The van der Waals surface area contributed by atoms with Crippen LogP contribution >= 0.6 is 11.6 Å². The number of imide groups is 1. The van der Waals surface area contributed by atoms with Crippen molar-refractivity contribution in [2.24, 2.45) is 23.7 Å². The van der Waals surface area contributed by atoms with Crippen LogP contribution in [0.3, 0.4) is 0 Å². The van der Waals surface area contributed by atoms with Crippen LogP contribution in [-0.2, 0) is 14.3 Å². The van der Waals surface area contributed by atoms with Gasteiger partial charge in [0.15, 0.2) is 12.4 Å². The zero-order valence-electron chi connectivity index (χ0n) is 23.8. The van der Waals surface area contributed by atoms with Gasteiger partial charge < -0.3 is 4.74 Å². The van der Waals surface area contributed by atoms with Crippen LogP contribution in [0, 0.1) is 37.5 Å². The highest BCUT2D eigenvalue weighted by Crippen LogP contribution is 2.56. The Morgan fingerprint density at radius 3 is 2.26 bits per heavy atom. The van der Waals surface area contributed by atoms with Gasteiger partial charge in [0.1, 0.15) is 0 Å². The molecule has 0 spiro atoms. The van der Waals surface area contributed by atoms with Crippen molar-refractivity contribution < 1.29 is 23.9 Å². The van der Waals surface area contributed by atoms with Crippen LogP contribution in [-0.4, -0.2) is 35.2 Å². The molecule has 43 heavy (non-hydrogen) atoms. The largest absolute Gasteiger partial charge is 0.454 e. The second-order valence-corrected chi connectivity index (χ2v) is 12.4. The predicted molar refractivity (Wildman–Crippen MR) is 163 cm³/mol. The summed E-state index contributed by atoms with van der Waals surface area (Å²) >= 11 is 6.25. The van der Waals surface area contributed by atoms with Crippen molar-refractivity contribution in [3.05, 3.63) is 94.0 Å².